The third-order valence-corrected chi connectivity index (χ3v) is 1.43. The lowest BCUT2D eigenvalue weighted by Gasteiger charge is -1.95. The molecule has 0 N–H and O–H groups in total. The highest BCUT2D eigenvalue weighted by atomic mass is 13.9. The molecule has 0 bridgehead atoms. The van der Waals surface area contributed by atoms with Gasteiger partial charge in [-0.2, -0.15) is 0 Å². The summed E-state index contributed by atoms with van der Waals surface area (Å²) < 4.78 is 0. The summed E-state index contributed by atoms with van der Waals surface area (Å²) in [5.41, 5.74) is 1.25. The number of rotatable bonds is 5. The molecular weight excluding hydrogens is 132 g/mol. The molecule has 0 nitrogen and oxygen atoms in total. The number of hydrogen-bond acceptors (Lipinski definition) is 0. The number of hydrogen-bond donors (Lipinski definition) is 0. The third kappa shape index (κ3) is 5.41. The highest BCUT2D eigenvalue weighted by Crippen LogP contribution is 2.06. The zero-order chi connectivity index (χ0) is 8.53. The maximum absolute atomic E-state index is 3.72. The van der Waals surface area contributed by atoms with Crippen molar-refractivity contribution in [2.24, 2.45) is 0 Å². The van der Waals surface area contributed by atoms with Gasteiger partial charge >= 0.3 is 0 Å². The molecule has 0 aliphatic carbocycles. The van der Waals surface area contributed by atoms with Gasteiger partial charge in [-0.15, -0.1) is 0 Å². The quantitative estimate of drug-likeness (QED) is 0.412. The Morgan fingerprint density at radius 2 is 2.09 bits per heavy atom. The van der Waals surface area contributed by atoms with Crippen LogP contribution in [0.25, 0.3) is 0 Å². The van der Waals surface area contributed by atoms with E-state index in [-0.39, 0.29) is 0 Å². The van der Waals surface area contributed by atoms with Crippen LogP contribution in [-0.2, 0) is 0 Å². The van der Waals surface area contributed by atoms with Crippen molar-refractivity contribution in [3.05, 3.63) is 49.1 Å². The molecule has 0 radical (unpaired) electrons. The summed E-state index contributed by atoms with van der Waals surface area (Å²) >= 11 is 0. The summed E-state index contributed by atoms with van der Waals surface area (Å²) in [5.74, 6) is 0. The Morgan fingerprint density at radius 1 is 1.36 bits per heavy atom. The number of allylic oxidation sites excluding steroid dienone is 6. The van der Waals surface area contributed by atoms with Crippen LogP contribution in [0.15, 0.2) is 49.1 Å². The first-order valence-electron chi connectivity index (χ1n) is 3.90. The fraction of sp³-hybridized carbons (Fsp3) is 0.273. The first kappa shape index (κ1) is 9.96. The normalized spacial score (nSPS) is 11.9. The van der Waals surface area contributed by atoms with E-state index < -0.39 is 0 Å². The second-order valence-corrected chi connectivity index (χ2v) is 2.29. The van der Waals surface area contributed by atoms with Crippen molar-refractivity contribution < 1.29 is 0 Å². The van der Waals surface area contributed by atoms with Gasteiger partial charge in [0.05, 0.1) is 0 Å². The van der Waals surface area contributed by atoms with Gasteiger partial charge in [0.15, 0.2) is 0 Å². The molecule has 0 atom stereocenters. The van der Waals surface area contributed by atoms with E-state index in [1.807, 2.05) is 19.1 Å². The summed E-state index contributed by atoms with van der Waals surface area (Å²) in [6.45, 7) is 9.39. The summed E-state index contributed by atoms with van der Waals surface area (Å²) in [4.78, 5) is 0. The van der Waals surface area contributed by atoms with Crippen molar-refractivity contribution in [2.75, 3.05) is 0 Å². The summed E-state index contributed by atoms with van der Waals surface area (Å²) in [7, 11) is 0. The molecule has 0 rings (SSSR count). The van der Waals surface area contributed by atoms with Gasteiger partial charge in [-0.1, -0.05) is 43.5 Å². The predicted molar refractivity (Wildman–Crippen MR) is 52.5 cm³/mol. The standard InChI is InChI=1S/C11H16/c1-4-7-8-10-11(6-3)9-5-2/h4-7,9H,2-3,8,10H2,1H3/b7-4-,11-9+. The Labute approximate surface area is 69.6 Å². The zero-order valence-corrected chi connectivity index (χ0v) is 7.22. The Morgan fingerprint density at radius 3 is 2.55 bits per heavy atom. The molecule has 0 saturated carbocycles. The fourth-order valence-electron chi connectivity index (χ4n) is 0.821. The fourth-order valence-corrected chi connectivity index (χ4v) is 0.821. The second-order valence-electron chi connectivity index (χ2n) is 2.29. The largest absolute Gasteiger partial charge is 0.0991 e. The minimum Gasteiger partial charge on any atom is -0.0991 e. The van der Waals surface area contributed by atoms with Gasteiger partial charge in [0.1, 0.15) is 0 Å². The van der Waals surface area contributed by atoms with Gasteiger partial charge in [0, 0.05) is 0 Å². The van der Waals surface area contributed by atoms with E-state index in [0.29, 0.717) is 0 Å². The molecule has 0 amide bonds. The van der Waals surface area contributed by atoms with Gasteiger partial charge in [-0.25, -0.2) is 0 Å². The van der Waals surface area contributed by atoms with Crippen LogP contribution in [0.1, 0.15) is 19.8 Å². The molecule has 0 unspecified atom stereocenters. The molecule has 0 spiro atoms. The molecule has 0 heteroatoms. The minimum absolute atomic E-state index is 1.06. The van der Waals surface area contributed by atoms with E-state index in [4.69, 9.17) is 0 Å². The Kier molecular flexibility index (Phi) is 6.40. The molecule has 0 aromatic heterocycles. The second kappa shape index (κ2) is 7.07. The molecular formula is C11H16. The SMILES string of the molecule is C=C/C=C(\C=C)CC/C=C\C. The van der Waals surface area contributed by atoms with E-state index in [2.05, 4.69) is 25.3 Å². The third-order valence-electron chi connectivity index (χ3n) is 1.43. The highest BCUT2D eigenvalue weighted by molar-refractivity contribution is 5.21. The van der Waals surface area contributed by atoms with Gasteiger partial charge in [0.25, 0.3) is 0 Å². The lowest BCUT2D eigenvalue weighted by Crippen LogP contribution is -1.75. The van der Waals surface area contributed by atoms with Crippen LogP contribution in [0.5, 0.6) is 0 Å². The van der Waals surface area contributed by atoms with Crippen molar-refractivity contribution >= 4 is 0 Å². The van der Waals surface area contributed by atoms with E-state index in [1.165, 1.54) is 5.57 Å². The predicted octanol–water partition coefficient (Wildman–Crippen LogP) is 3.64. The highest BCUT2D eigenvalue weighted by Gasteiger charge is 1.86. The van der Waals surface area contributed by atoms with Crippen molar-refractivity contribution in [1.82, 2.24) is 0 Å². The van der Waals surface area contributed by atoms with Crippen LogP contribution >= 0.6 is 0 Å². The van der Waals surface area contributed by atoms with Crippen molar-refractivity contribution in [3.63, 3.8) is 0 Å². The van der Waals surface area contributed by atoms with Gasteiger partial charge in [0.2, 0.25) is 0 Å². The van der Waals surface area contributed by atoms with Crippen molar-refractivity contribution in [2.45, 2.75) is 19.8 Å². The zero-order valence-electron chi connectivity index (χ0n) is 7.22. The monoisotopic (exact) mass is 148 g/mol. The van der Waals surface area contributed by atoms with E-state index in [1.54, 1.807) is 6.08 Å². The Hall–Kier alpha value is -1.04. The van der Waals surface area contributed by atoms with Crippen molar-refractivity contribution in [1.29, 1.82) is 0 Å². The first-order valence-corrected chi connectivity index (χ1v) is 3.90. The lowest BCUT2D eigenvalue weighted by atomic mass is 10.1. The van der Waals surface area contributed by atoms with Gasteiger partial charge in [-0.3, -0.25) is 0 Å². The summed E-state index contributed by atoms with van der Waals surface area (Å²) in [5, 5.41) is 0. The average Bonchev–Trinajstić information content (AvgIpc) is 2.03. The Balaban J connectivity index is 3.78. The van der Waals surface area contributed by atoms with E-state index >= 15 is 0 Å². The molecule has 0 aliphatic heterocycles. The first-order chi connectivity index (χ1) is 5.35. The molecule has 0 heterocycles. The van der Waals surface area contributed by atoms with Crippen LogP contribution in [0, 0.1) is 0 Å². The summed E-state index contributed by atoms with van der Waals surface area (Å²) in [6, 6.07) is 0. The van der Waals surface area contributed by atoms with Crippen LogP contribution < -0.4 is 0 Å². The molecule has 0 aliphatic rings. The van der Waals surface area contributed by atoms with E-state index in [0.717, 1.165) is 12.8 Å². The minimum atomic E-state index is 1.06. The van der Waals surface area contributed by atoms with E-state index in [9.17, 15) is 0 Å². The molecule has 0 fully saturated rings. The van der Waals surface area contributed by atoms with Gasteiger partial charge in [-0.05, 0) is 25.3 Å². The summed E-state index contributed by atoms with van der Waals surface area (Å²) in [6.07, 6.45) is 12.0. The molecule has 60 valence electrons. The van der Waals surface area contributed by atoms with Crippen LogP contribution in [-0.4, -0.2) is 0 Å². The van der Waals surface area contributed by atoms with Gasteiger partial charge < -0.3 is 0 Å². The molecule has 0 aromatic carbocycles. The van der Waals surface area contributed by atoms with Crippen LogP contribution in [0.2, 0.25) is 0 Å². The van der Waals surface area contributed by atoms with Crippen LogP contribution in [0.4, 0.5) is 0 Å². The average molecular weight is 148 g/mol. The lowest BCUT2D eigenvalue weighted by molar-refractivity contribution is 1.01. The maximum Gasteiger partial charge on any atom is -0.0244 e. The smallest absolute Gasteiger partial charge is 0.0244 e. The maximum atomic E-state index is 3.72. The Bertz CT molecular complexity index is 170. The molecule has 11 heavy (non-hydrogen) atoms. The van der Waals surface area contributed by atoms with Crippen LogP contribution in [0.3, 0.4) is 0 Å². The van der Waals surface area contributed by atoms with Crippen molar-refractivity contribution in [3.8, 4) is 0 Å². The molecule has 0 saturated heterocycles. The topological polar surface area (TPSA) is 0 Å². The molecule has 0 aromatic rings.